The average Bonchev–Trinajstić information content (AvgIpc) is 2.31. The molecule has 0 aliphatic rings. The van der Waals surface area contributed by atoms with Crippen LogP contribution in [0.4, 0.5) is 0 Å². The Balaban J connectivity index is 4.77. The number of nitrogens with zero attached hydrogens (tertiary/aromatic N) is 2. The van der Waals surface area contributed by atoms with E-state index >= 15 is 0 Å². The number of carbonyl (C=O) groups excluding carboxylic acids is 1. The molecule has 0 radical (unpaired) electrons. The maximum absolute atomic E-state index is 12.2. The normalized spacial score (nSPS) is 12.2. The predicted octanol–water partition coefficient (Wildman–Crippen LogP) is 0.623. The van der Waals surface area contributed by atoms with E-state index in [1.807, 2.05) is 0 Å². The molecule has 0 rings (SSSR count). The number of hydrogen-bond donors (Lipinski definition) is 0. The fourth-order valence-corrected chi connectivity index (χ4v) is 2.85. The van der Waals surface area contributed by atoms with E-state index in [2.05, 4.69) is 11.3 Å². The minimum absolute atomic E-state index is 0.0340. The third kappa shape index (κ3) is 4.75. The molecule has 0 aromatic carbocycles. The van der Waals surface area contributed by atoms with Gasteiger partial charge in [0.05, 0.1) is 13.5 Å². The van der Waals surface area contributed by atoms with E-state index in [0.717, 1.165) is 4.31 Å². The van der Waals surface area contributed by atoms with Gasteiger partial charge in [0.2, 0.25) is 0 Å². The highest BCUT2D eigenvalue weighted by atomic mass is 32.2. The summed E-state index contributed by atoms with van der Waals surface area (Å²) in [6.07, 6.45) is 1.57. The SMILES string of the molecule is C=CCN(C(C)C)S(=O)(=O)N(C)CCC(=O)OC. The lowest BCUT2D eigenvalue weighted by Crippen LogP contribution is -2.46. The fraction of sp³-hybridized carbons (Fsp3) is 0.727. The molecule has 0 atom stereocenters. The highest BCUT2D eigenvalue weighted by Crippen LogP contribution is 2.11. The number of esters is 1. The van der Waals surface area contributed by atoms with Crippen LogP contribution in [0.3, 0.4) is 0 Å². The first kappa shape index (κ1) is 17.1. The molecule has 0 aliphatic heterocycles. The smallest absolute Gasteiger partial charge is 0.306 e. The van der Waals surface area contributed by atoms with Gasteiger partial charge >= 0.3 is 5.97 Å². The Labute approximate surface area is 109 Å². The summed E-state index contributed by atoms with van der Waals surface area (Å²) in [6.45, 7) is 7.45. The van der Waals surface area contributed by atoms with E-state index in [1.54, 1.807) is 13.8 Å². The monoisotopic (exact) mass is 278 g/mol. The van der Waals surface area contributed by atoms with Crippen LogP contribution in [0.2, 0.25) is 0 Å². The first-order valence-electron chi connectivity index (χ1n) is 5.68. The van der Waals surface area contributed by atoms with Crippen LogP contribution in [0, 0.1) is 0 Å². The summed E-state index contributed by atoms with van der Waals surface area (Å²) in [7, 11) is -0.865. The fourth-order valence-electron chi connectivity index (χ4n) is 1.34. The van der Waals surface area contributed by atoms with E-state index in [1.165, 1.54) is 24.5 Å². The highest BCUT2D eigenvalue weighted by molar-refractivity contribution is 7.86. The summed E-state index contributed by atoms with van der Waals surface area (Å²) in [5.41, 5.74) is 0. The molecule has 6 nitrogen and oxygen atoms in total. The number of methoxy groups -OCH3 is 1. The predicted molar refractivity (Wildman–Crippen MR) is 70.2 cm³/mol. The molecule has 0 aromatic rings. The van der Waals surface area contributed by atoms with Crippen LogP contribution < -0.4 is 0 Å². The Morgan fingerprint density at radius 1 is 1.44 bits per heavy atom. The molecule has 0 N–H and O–H groups in total. The topological polar surface area (TPSA) is 66.9 Å². The van der Waals surface area contributed by atoms with Crippen molar-refractivity contribution in [1.29, 1.82) is 0 Å². The summed E-state index contributed by atoms with van der Waals surface area (Å²) in [4.78, 5) is 11.0. The van der Waals surface area contributed by atoms with Crippen LogP contribution >= 0.6 is 0 Å². The van der Waals surface area contributed by atoms with Crippen molar-refractivity contribution in [2.75, 3.05) is 27.2 Å². The van der Waals surface area contributed by atoms with Gasteiger partial charge in [-0.1, -0.05) is 6.08 Å². The summed E-state index contributed by atoms with van der Waals surface area (Å²) >= 11 is 0. The summed E-state index contributed by atoms with van der Waals surface area (Å²) in [5, 5.41) is 0. The Hall–Kier alpha value is -0.920. The van der Waals surface area contributed by atoms with Crippen molar-refractivity contribution in [2.24, 2.45) is 0 Å². The highest BCUT2D eigenvalue weighted by Gasteiger charge is 2.28. The third-order valence-electron chi connectivity index (χ3n) is 2.43. The largest absolute Gasteiger partial charge is 0.469 e. The second kappa shape index (κ2) is 7.50. The average molecular weight is 278 g/mol. The third-order valence-corrected chi connectivity index (χ3v) is 4.57. The molecule has 0 saturated heterocycles. The Kier molecular flexibility index (Phi) is 7.12. The van der Waals surface area contributed by atoms with E-state index < -0.39 is 16.2 Å². The minimum Gasteiger partial charge on any atom is -0.469 e. The van der Waals surface area contributed by atoms with Gasteiger partial charge in [-0.25, -0.2) is 0 Å². The molecule has 0 aromatic heterocycles. The molecule has 0 unspecified atom stereocenters. The van der Waals surface area contributed by atoms with Gasteiger partial charge in [-0.2, -0.15) is 17.0 Å². The maximum Gasteiger partial charge on any atom is 0.306 e. The minimum atomic E-state index is -3.58. The van der Waals surface area contributed by atoms with Crippen molar-refractivity contribution in [3.05, 3.63) is 12.7 Å². The Morgan fingerprint density at radius 2 is 2.00 bits per heavy atom. The van der Waals surface area contributed by atoms with Crippen molar-refractivity contribution in [1.82, 2.24) is 8.61 Å². The quantitative estimate of drug-likeness (QED) is 0.482. The summed E-state index contributed by atoms with van der Waals surface area (Å²) < 4.78 is 31.4. The van der Waals surface area contributed by atoms with Crippen molar-refractivity contribution in [3.63, 3.8) is 0 Å². The van der Waals surface area contributed by atoms with Gasteiger partial charge in [-0.15, -0.1) is 6.58 Å². The van der Waals surface area contributed by atoms with Crippen molar-refractivity contribution in [2.45, 2.75) is 26.3 Å². The van der Waals surface area contributed by atoms with Gasteiger partial charge < -0.3 is 4.74 Å². The van der Waals surface area contributed by atoms with Crippen LogP contribution in [0.5, 0.6) is 0 Å². The summed E-state index contributed by atoms with van der Waals surface area (Å²) in [5.74, 6) is -0.433. The van der Waals surface area contributed by atoms with Crippen LogP contribution in [-0.4, -0.2) is 56.3 Å². The zero-order chi connectivity index (χ0) is 14.3. The van der Waals surface area contributed by atoms with E-state index in [4.69, 9.17) is 0 Å². The molecular weight excluding hydrogens is 256 g/mol. The Morgan fingerprint density at radius 3 is 2.39 bits per heavy atom. The van der Waals surface area contributed by atoms with Gasteiger partial charge in [-0.3, -0.25) is 4.79 Å². The first-order chi connectivity index (χ1) is 8.27. The maximum atomic E-state index is 12.2. The van der Waals surface area contributed by atoms with Crippen molar-refractivity contribution in [3.8, 4) is 0 Å². The van der Waals surface area contributed by atoms with Crippen LogP contribution in [-0.2, 0) is 19.7 Å². The number of rotatable bonds is 8. The van der Waals surface area contributed by atoms with Gasteiger partial charge in [0.1, 0.15) is 0 Å². The molecule has 0 saturated carbocycles. The van der Waals surface area contributed by atoms with E-state index in [9.17, 15) is 13.2 Å². The first-order valence-corrected chi connectivity index (χ1v) is 7.07. The van der Waals surface area contributed by atoms with Crippen molar-refractivity contribution >= 4 is 16.2 Å². The summed E-state index contributed by atoms with van der Waals surface area (Å²) in [6, 6.07) is -0.173. The molecule has 0 aliphatic carbocycles. The molecule has 106 valence electrons. The van der Waals surface area contributed by atoms with Gasteiger partial charge in [0.25, 0.3) is 10.2 Å². The van der Waals surface area contributed by atoms with E-state index in [-0.39, 0.29) is 25.6 Å². The standard InChI is InChI=1S/C11H22N2O4S/c1-6-8-13(10(2)3)18(15,16)12(4)9-7-11(14)17-5/h6,10H,1,7-9H2,2-5H3. The number of hydrogen-bond acceptors (Lipinski definition) is 4. The lowest BCUT2D eigenvalue weighted by molar-refractivity contribution is -0.140. The lowest BCUT2D eigenvalue weighted by Gasteiger charge is -2.29. The van der Waals surface area contributed by atoms with E-state index in [0.29, 0.717) is 0 Å². The molecule has 7 heteroatoms. The molecular formula is C11H22N2O4S. The second-order valence-electron chi connectivity index (χ2n) is 4.11. The zero-order valence-corrected chi connectivity index (χ0v) is 12.2. The molecule has 0 amide bonds. The zero-order valence-electron chi connectivity index (χ0n) is 11.4. The molecule has 0 heterocycles. The Bertz CT molecular complexity index is 379. The van der Waals surface area contributed by atoms with Gasteiger partial charge in [0.15, 0.2) is 0 Å². The van der Waals surface area contributed by atoms with Gasteiger partial charge in [0, 0.05) is 26.2 Å². The van der Waals surface area contributed by atoms with Gasteiger partial charge in [-0.05, 0) is 13.8 Å². The number of carbonyl (C=O) groups is 1. The van der Waals surface area contributed by atoms with Crippen LogP contribution in [0.1, 0.15) is 20.3 Å². The molecule has 0 bridgehead atoms. The van der Waals surface area contributed by atoms with Crippen LogP contribution in [0.25, 0.3) is 0 Å². The molecule has 0 spiro atoms. The van der Waals surface area contributed by atoms with Crippen LogP contribution in [0.15, 0.2) is 12.7 Å². The second-order valence-corrected chi connectivity index (χ2v) is 6.10. The number of ether oxygens (including phenoxy) is 1. The molecule has 18 heavy (non-hydrogen) atoms. The lowest BCUT2D eigenvalue weighted by atomic mass is 10.4. The molecule has 0 fully saturated rings. The van der Waals surface area contributed by atoms with Crippen molar-refractivity contribution < 1.29 is 17.9 Å².